The summed E-state index contributed by atoms with van der Waals surface area (Å²) in [7, 11) is -4.10. The molecule has 1 aromatic carbocycles. The smallest absolute Gasteiger partial charge is 0.294 e. The molecule has 0 heterocycles. The fourth-order valence-corrected chi connectivity index (χ4v) is 3.55. The molecule has 0 unspecified atom stereocenters. The third-order valence-corrected chi connectivity index (χ3v) is 5.15. The van der Waals surface area contributed by atoms with Crippen LogP contribution in [0.2, 0.25) is 0 Å². The van der Waals surface area contributed by atoms with Crippen LogP contribution in [-0.2, 0) is 10.0 Å². The molecular weight excluding hydrogens is 348 g/mol. The van der Waals surface area contributed by atoms with Gasteiger partial charge in [-0.1, -0.05) is 0 Å². The number of nitrogens with two attached hydrogens (primary N) is 2. The van der Waals surface area contributed by atoms with Crippen LogP contribution in [0.3, 0.4) is 0 Å². The van der Waals surface area contributed by atoms with Gasteiger partial charge in [-0.2, -0.15) is 5.26 Å². The molecule has 0 aromatic heterocycles. The monoisotopic (exact) mass is 366 g/mol. The van der Waals surface area contributed by atoms with Crippen LogP contribution < -0.4 is 15.8 Å². The van der Waals surface area contributed by atoms with Crippen molar-refractivity contribution in [1.82, 2.24) is 0 Å². The van der Waals surface area contributed by atoms with Crippen LogP contribution >= 0.6 is 0 Å². The van der Waals surface area contributed by atoms with Crippen LogP contribution in [0.25, 0.3) is 0 Å². The fourth-order valence-electron chi connectivity index (χ4n) is 3.02. The summed E-state index contributed by atoms with van der Waals surface area (Å²) >= 11 is 0. The number of sulfonamides is 1. The van der Waals surface area contributed by atoms with E-state index < -0.39 is 20.6 Å². The minimum atomic E-state index is -4.10. The topological polar surface area (TPSA) is 180 Å². The molecule has 2 rings (SSSR count). The predicted octanol–water partition coefficient (Wildman–Crippen LogP) is 1.02. The van der Waals surface area contributed by atoms with Crippen molar-refractivity contribution in [2.75, 3.05) is 4.90 Å². The van der Waals surface area contributed by atoms with Gasteiger partial charge in [-0.25, -0.2) is 13.6 Å². The van der Waals surface area contributed by atoms with E-state index in [4.69, 9.17) is 21.5 Å². The van der Waals surface area contributed by atoms with Crippen molar-refractivity contribution in [2.24, 2.45) is 16.8 Å². The van der Waals surface area contributed by atoms with Gasteiger partial charge < -0.3 is 10.6 Å². The van der Waals surface area contributed by atoms with E-state index in [1.165, 1.54) is 11.0 Å². The van der Waals surface area contributed by atoms with Gasteiger partial charge in [0.1, 0.15) is 5.69 Å². The number of hydrogen-bond acceptors (Lipinski definition) is 6. The van der Waals surface area contributed by atoms with Crippen LogP contribution in [0.1, 0.15) is 25.7 Å². The summed E-state index contributed by atoms with van der Waals surface area (Å²) in [4.78, 5) is 11.6. The molecule has 0 aliphatic heterocycles. The normalized spacial score (nSPS) is 20.5. The molecule has 1 aliphatic carbocycles. The second kappa shape index (κ2) is 7.04. The maximum absolute atomic E-state index is 11.4. The molecular formula is C14H18N6O4S. The number of nitro benzene ring substituents is 1. The van der Waals surface area contributed by atoms with Gasteiger partial charge in [-0.15, -0.1) is 0 Å². The molecule has 0 amide bonds. The Hall–Kier alpha value is -2.71. The van der Waals surface area contributed by atoms with Gasteiger partial charge in [-0.3, -0.25) is 15.5 Å². The molecule has 25 heavy (non-hydrogen) atoms. The average Bonchev–Trinajstić information content (AvgIpc) is 2.54. The number of rotatable bonds is 4. The number of nitro groups is 1. The first-order chi connectivity index (χ1) is 11.6. The van der Waals surface area contributed by atoms with Gasteiger partial charge in [0.25, 0.3) is 5.69 Å². The lowest BCUT2D eigenvalue weighted by Gasteiger charge is -2.35. The molecule has 5 N–H and O–H groups in total. The van der Waals surface area contributed by atoms with E-state index in [9.17, 15) is 18.5 Å². The third-order valence-electron chi connectivity index (χ3n) is 4.24. The Bertz CT molecular complexity index is 839. The summed E-state index contributed by atoms with van der Waals surface area (Å²) in [6.07, 6.45) is 2.31. The van der Waals surface area contributed by atoms with Crippen molar-refractivity contribution in [3.8, 4) is 6.07 Å². The number of nitrogens with zero attached hydrogens (tertiary/aromatic N) is 3. The number of nitrogens with one attached hydrogen (secondary N) is 1. The van der Waals surface area contributed by atoms with Crippen molar-refractivity contribution in [1.29, 1.82) is 10.7 Å². The van der Waals surface area contributed by atoms with E-state index in [2.05, 4.69) is 6.07 Å². The van der Waals surface area contributed by atoms with Crippen molar-refractivity contribution >= 4 is 27.4 Å². The zero-order chi connectivity index (χ0) is 18.8. The van der Waals surface area contributed by atoms with Crippen LogP contribution in [0.5, 0.6) is 0 Å². The Morgan fingerprint density at radius 3 is 2.40 bits per heavy atom. The number of primary sulfonamides is 1. The molecule has 134 valence electrons. The maximum atomic E-state index is 11.4. The van der Waals surface area contributed by atoms with Gasteiger partial charge in [0.15, 0.2) is 5.96 Å². The summed E-state index contributed by atoms with van der Waals surface area (Å²) in [5.74, 6) is -0.461. The zero-order valence-electron chi connectivity index (χ0n) is 13.3. The molecule has 0 radical (unpaired) electrons. The van der Waals surface area contributed by atoms with E-state index in [1.807, 2.05) is 0 Å². The van der Waals surface area contributed by atoms with E-state index in [0.717, 1.165) is 12.1 Å². The first kappa shape index (κ1) is 18.6. The van der Waals surface area contributed by atoms with E-state index >= 15 is 0 Å². The van der Waals surface area contributed by atoms with Crippen molar-refractivity contribution in [2.45, 2.75) is 36.6 Å². The number of anilines is 1. The minimum Gasteiger partial charge on any atom is -0.370 e. The van der Waals surface area contributed by atoms with E-state index in [0.29, 0.717) is 25.7 Å². The molecule has 1 aromatic rings. The second-order valence-electron chi connectivity index (χ2n) is 5.84. The first-order valence-electron chi connectivity index (χ1n) is 7.49. The summed E-state index contributed by atoms with van der Waals surface area (Å²) in [6.45, 7) is 0. The summed E-state index contributed by atoms with van der Waals surface area (Å²) in [5, 5.41) is 33.2. The fraction of sp³-hybridized carbons (Fsp3) is 0.429. The highest BCUT2D eigenvalue weighted by Crippen LogP contribution is 2.36. The first-order valence-corrected chi connectivity index (χ1v) is 9.04. The highest BCUT2D eigenvalue weighted by Gasteiger charge is 2.32. The number of hydrogen-bond donors (Lipinski definition) is 3. The Morgan fingerprint density at radius 2 is 1.96 bits per heavy atom. The van der Waals surface area contributed by atoms with E-state index in [-0.39, 0.29) is 28.5 Å². The molecule has 0 saturated heterocycles. The van der Waals surface area contributed by atoms with E-state index in [1.54, 1.807) is 0 Å². The van der Waals surface area contributed by atoms with Crippen LogP contribution in [0.15, 0.2) is 23.1 Å². The molecule has 1 saturated carbocycles. The highest BCUT2D eigenvalue weighted by molar-refractivity contribution is 7.89. The third kappa shape index (κ3) is 4.04. The average molecular weight is 366 g/mol. The minimum absolute atomic E-state index is 0.0327. The number of benzene rings is 1. The van der Waals surface area contributed by atoms with Gasteiger partial charge in [0, 0.05) is 18.0 Å². The lowest BCUT2D eigenvalue weighted by atomic mass is 9.86. The molecule has 1 fully saturated rings. The molecule has 11 heteroatoms. The number of nitriles is 1. The summed E-state index contributed by atoms with van der Waals surface area (Å²) in [5.41, 5.74) is 5.17. The SMILES string of the molecule is N#CC1CCC(N(C(=N)N)c2ccc(S(N)(=O)=O)cc2[N+](=O)[O-])CC1. The lowest BCUT2D eigenvalue weighted by molar-refractivity contribution is -0.384. The maximum Gasteiger partial charge on any atom is 0.294 e. The summed E-state index contributed by atoms with van der Waals surface area (Å²) in [6, 6.07) is 5.16. The van der Waals surface area contributed by atoms with Gasteiger partial charge >= 0.3 is 0 Å². The van der Waals surface area contributed by atoms with Gasteiger partial charge in [0.05, 0.1) is 15.9 Å². The largest absolute Gasteiger partial charge is 0.370 e. The molecule has 10 nitrogen and oxygen atoms in total. The number of guanidine groups is 1. The quantitative estimate of drug-likeness (QED) is 0.308. The summed E-state index contributed by atoms with van der Waals surface area (Å²) < 4.78 is 22.9. The van der Waals surface area contributed by atoms with Crippen LogP contribution in [0, 0.1) is 32.8 Å². The Kier molecular flexibility index (Phi) is 5.24. The zero-order valence-corrected chi connectivity index (χ0v) is 14.1. The van der Waals surface area contributed by atoms with Crippen LogP contribution in [0.4, 0.5) is 11.4 Å². The Balaban J connectivity index is 2.47. The predicted molar refractivity (Wildman–Crippen MR) is 90.2 cm³/mol. The lowest BCUT2D eigenvalue weighted by Crippen LogP contribution is -2.46. The van der Waals surface area contributed by atoms with Gasteiger partial charge in [-0.05, 0) is 37.8 Å². The van der Waals surface area contributed by atoms with Crippen molar-refractivity contribution in [3.63, 3.8) is 0 Å². The van der Waals surface area contributed by atoms with Crippen LogP contribution in [-0.4, -0.2) is 25.3 Å². The molecule has 1 aliphatic rings. The highest BCUT2D eigenvalue weighted by atomic mass is 32.2. The Labute approximate surface area is 144 Å². The van der Waals surface area contributed by atoms with Crippen molar-refractivity contribution in [3.05, 3.63) is 28.3 Å². The molecule has 0 bridgehead atoms. The standard InChI is InChI=1S/C14H18N6O4S/c15-8-9-1-3-10(4-2-9)19(14(16)17)12-6-5-11(25(18,23)24)7-13(12)20(21)22/h5-7,9-10H,1-4H2,(H3,16,17)(H2,18,23,24). The Morgan fingerprint density at radius 1 is 1.36 bits per heavy atom. The molecule has 0 spiro atoms. The molecule has 0 atom stereocenters. The van der Waals surface area contributed by atoms with Gasteiger partial charge in [0.2, 0.25) is 10.0 Å². The van der Waals surface area contributed by atoms with Crippen molar-refractivity contribution < 1.29 is 13.3 Å². The second-order valence-corrected chi connectivity index (χ2v) is 7.40.